The van der Waals surface area contributed by atoms with Crippen LogP contribution in [0.4, 0.5) is 0 Å². The van der Waals surface area contributed by atoms with Gasteiger partial charge in [-0.05, 0) is 67.8 Å². The fraction of sp³-hybridized carbons (Fsp3) is 0.647. The SMILES string of the molecule is CC(CN1CCCC1)C1(c2ccc(Cl)cc2)CCC1.Cl. The second-order valence-electron chi connectivity index (χ2n) is 6.43. The fourth-order valence-electron chi connectivity index (χ4n) is 3.93. The second kappa shape index (κ2) is 6.68. The van der Waals surface area contributed by atoms with E-state index in [0.29, 0.717) is 5.41 Å². The minimum Gasteiger partial charge on any atom is -0.303 e. The highest BCUT2D eigenvalue weighted by Crippen LogP contribution is 2.49. The van der Waals surface area contributed by atoms with Crippen molar-refractivity contribution in [2.24, 2.45) is 5.92 Å². The van der Waals surface area contributed by atoms with Crippen molar-refractivity contribution in [3.8, 4) is 0 Å². The zero-order chi connectivity index (χ0) is 13.3. The normalized spacial score (nSPS) is 22.9. The van der Waals surface area contributed by atoms with E-state index in [9.17, 15) is 0 Å². The molecule has 1 aliphatic heterocycles. The van der Waals surface area contributed by atoms with Gasteiger partial charge in [-0.25, -0.2) is 0 Å². The molecule has 1 aromatic rings. The van der Waals surface area contributed by atoms with Gasteiger partial charge in [-0.1, -0.05) is 37.1 Å². The zero-order valence-corrected chi connectivity index (χ0v) is 13.8. The maximum Gasteiger partial charge on any atom is 0.0406 e. The third-order valence-electron chi connectivity index (χ3n) is 5.34. The number of nitrogens with zero attached hydrogens (tertiary/aromatic N) is 1. The molecule has 0 radical (unpaired) electrons. The number of rotatable bonds is 4. The van der Waals surface area contributed by atoms with Crippen LogP contribution in [0, 0.1) is 5.92 Å². The Balaban J connectivity index is 0.00000147. The lowest BCUT2D eigenvalue weighted by Crippen LogP contribution is -2.45. The molecule has 0 amide bonds. The van der Waals surface area contributed by atoms with Crippen LogP contribution in [0.25, 0.3) is 0 Å². The number of hydrogen-bond donors (Lipinski definition) is 0. The summed E-state index contributed by atoms with van der Waals surface area (Å²) in [7, 11) is 0. The molecule has 2 aliphatic rings. The molecule has 20 heavy (non-hydrogen) atoms. The third kappa shape index (κ3) is 3.00. The van der Waals surface area contributed by atoms with Crippen LogP contribution in [0.1, 0.15) is 44.6 Å². The van der Waals surface area contributed by atoms with E-state index in [1.807, 2.05) is 0 Å². The molecular weight excluding hydrogens is 289 g/mol. The van der Waals surface area contributed by atoms with Gasteiger partial charge in [0.15, 0.2) is 0 Å². The minimum atomic E-state index is 0. The maximum atomic E-state index is 6.03. The quantitative estimate of drug-likeness (QED) is 0.763. The topological polar surface area (TPSA) is 3.24 Å². The van der Waals surface area contributed by atoms with E-state index in [-0.39, 0.29) is 12.4 Å². The summed E-state index contributed by atoms with van der Waals surface area (Å²) in [5.74, 6) is 0.750. The summed E-state index contributed by atoms with van der Waals surface area (Å²) in [6, 6.07) is 8.61. The number of likely N-dealkylation sites (tertiary alicyclic amines) is 1. The molecule has 1 nitrogen and oxygen atoms in total. The first-order chi connectivity index (χ1) is 9.21. The van der Waals surface area contributed by atoms with Crippen LogP contribution in [0.2, 0.25) is 5.02 Å². The second-order valence-corrected chi connectivity index (χ2v) is 6.86. The Kier molecular flexibility index (Phi) is 5.39. The molecule has 1 atom stereocenters. The van der Waals surface area contributed by atoms with Gasteiger partial charge in [-0.2, -0.15) is 0 Å². The fourth-order valence-corrected chi connectivity index (χ4v) is 4.06. The van der Waals surface area contributed by atoms with Crippen LogP contribution in [0.5, 0.6) is 0 Å². The average Bonchev–Trinajstić information content (AvgIpc) is 2.83. The first-order valence-electron chi connectivity index (χ1n) is 7.69. The summed E-state index contributed by atoms with van der Waals surface area (Å²) < 4.78 is 0. The summed E-state index contributed by atoms with van der Waals surface area (Å²) in [5, 5.41) is 0.852. The summed E-state index contributed by atoms with van der Waals surface area (Å²) in [6.45, 7) is 6.33. The molecule has 112 valence electrons. The Morgan fingerprint density at radius 2 is 1.70 bits per heavy atom. The summed E-state index contributed by atoms with van der Waals surface area (Å²) in [6.07, 6.45) is 6.86. The largest absolute Gasteiger partial charge is 0.303 e. The van der Waals surface area contributed by atoms with Gasteiger partial charge < -0.3 is 4.90 Å². The molecule has 3 rings (SSSR count). The van der Waals surface area contributed by atoms with Gasteiger partial charge in [0.2, 0.25) is 0 Å². The van der Waals surface area contributed by atoms with Gasteiger partial charge in [0, 0.05) is 11.6 Å². The Morgan fingerprint density at radius 3 is 2.20 bits per heavy atom. The maximum absolute atomic E-state index is 6.03. The van der Waals surface area contributed by atoms with Crippen molar-refractivity contribution in [1.29, 1.82) is 0 Å². The van der Waals surface area contributed by atoms with E-state index >= 15 is 0 Å². The van der Waals surface area contributed by atoms with E-state index < -0.39 is 0 Å². The highest BCUT2D eigenvalue weighted by Gasteiger charge is 2.43. The Hall–Kier alpha value is -0.240. The number of halogens is 2. The smallest absolute Gasteiger partial charge is 0.0406 e. The Labute approximate surface area is 134 Å². The molecule has 1 aliphatic carbocycles. The van der Waals surface area contributed by atoms with Crippen LogP contribution in [-0.2, 0) is 5.41 Å². The van der Waals surface area contributed by atoms with Crippen LogP contribution in [0.3, 0.4) is 0 Å². The van der Waals surface area contributed by atoms with E-state index in [1.54, 1.807) is 0 Å². The van der Waals surface area contributed by atoms with Gasteiger partial charge in [-0.3, -0.25) is 0 Å². The Morgan fingerprint density at radius 1 is 1.10 bits per heavy atom. The highest BCUT2D eigenvalue weighted by atomic mass is 35.5. The lowest BCUT2D eigenvalue weighted by atomic mass is 9.58. The number of hydrogen-bond acceptors (Lipinski definition) is 1. The average molecular weight is 314 g/mol. The first kappa shape index (κ1) is 16.1. The predicted octanol–water partition coefficient (Wildman–Crippen LogP) is 4.92. The predicted molar refractivity (Wildman–Crippen MR) is 89.1 cm³/mol. The minimum absolute atomic E-state index is 0. The van der Waals surface area contributed by atoms with Crippen molar-refractivity contribution in [3.05, 3.63) is 34.9 Å². The van der Waals surface area contributed by atoms with Crippen molar-refractivity contribution in [3.63, 3.8) is 0 Å². The van der Waals surface area contributed by atoms with Crippen LogP contribution in [-0.4, -0.2) is 24.5 Å². The molecule has 2 fully saturated rings. The molecule has 1 aromatic carbocycles. The van der Waals surface area contributed by atoms with Gasteiger partial charge in [0.25, 0.3) is 0 Å². The summed E-state index contributed by atoms with van der Waals surface area (Å²) in [4.78, 5) is 2.65. The first-order valence-corrected chi connectivity index (χ1v) is 8.07. The van der Waals surface area contributed by atoms with Crippen molar-refractivity contribution >= 4 is 24.0 Å². The third-order valence-corrected chi connectivity index (χ3v) is 5.59. The molecule has 0 bridgehead atoms. The van der Waals surface area contributed by atoms with E-state index in [0.717, 1.165) is 10.9 Å². The van der Waals surface area contributed by atoms with Crippen molar-refractivity contribution in [1.82, 2.24) is 4.90 Å². The lowest BCUT2D eigenvalue weighted by Gasteiger charge is -2.48. The molecule has 0 N–H and O–H groups in total. The highest BCUT2D eigenvalue weighted by molar-refractivity contribution is 6.30. The van der Waals surface area contributed by atoms with Crippen molar-refractivity contribution in [2.75, 3.05) is 19.6 Å². The van der Waals surface area contributed by atoms with Gasteiger partial charge in [0.1, 0.15) is 0 Å². The van der Waals surface area contributed by atoms with Crippen molar-refractivity contribution < 1.29 is 0 Å². The monoisotopic (exact) mass is 313 g/mol. The molecular formula is C17H25Cl2N. The summed E-state index contributed by atoms with van der Waals surface area (Å²) >= 11 is 6.03. The summed E-state index contributed by atoms with van der Waals surface area (Å²) in [5.41, 5.74) is 1.93. The molecule has 1 saturated heterocycles. The molecule has 1 saturated carbocycles. The number of benzene rings is 1. The van der Waals surface area contributed by atoms with Gasteiger partial charge in [0.05, 0.1) is 0 Å². The molecule has 1 heterocycles. The van der Waals surface area contributed by atoms with Gasteiger partial charge >= 0.3 is 0 Å². The van der Waals surface area contributed by atoms with Crippen LogP contribution < -0.4 is 0 Å². The van der Waals surface area contributed by atoms with Crippen LogP contribution in [0.15, 0.2) is 24.3 Å². The molecule has 3 heteroatoms. The standard InChI is InChI=1S/C17H24ClN.ClH/c1-14(13-19-11-2-3-12-19)17(9-4-10-17)15-5-7-16(18)8-6-15;/h5-8,14H,2-4,9-13H2,1H3;1H. The van der Waals surface area contributed by atoms with Gasteiger partial charge in [-0.15, -0.1) is 12.4 Å². The van der Waals surface area contributed by atoms with Crippen LogP contribution >= 0.6 is 24.0 Å². The van der Waals surface area contributed by atoms with E-state index in [1.165, 1.54) is 57.3 Å². The molecule has 1 unspecified atom stereocenters. The Bertz CT molecular complexity index is 419. The van der Waals surface area contributed by atoms with E-state index in [2.05, 4.69) is 36.1 Å². The lowest BCUT2D eigenvalue weighted by molar-refractivity contribution is 0.121. The molecule has 0 spiro atoms. The van der Waals surface area contributed by atoms with Crippen molar-refractivity contribution in [2.45, 2.75) is 44.4 Å². The molecule has 0 aromatic heterocycles. The zero-order valence-electron chi connectivity index (χ0n) is 12.3. The van der Waals surface area contributed by atoms with E-state index in [4.69, 9.17) is 11.6 Å².